The Morgan fingerprint density at radius 1 is 0.507 bits per heavy atom. The number of imidazole rings is 1. The first-order chi connectivity index (χ1) is 33.0. The molecule has 0 radical (unpaired) electrons. The van der Waals surface area contributed by atoms with Gasteiger partial charge in [0, 0.05) is 26.7 Å². The Balaban J connectivity index is 0.975. The number of nitrogens with zero attached hydrogens (tertiary/aromatic N) is 2. The molecular weight excluding hydrogens is 832 g/mol. The van der Waals surface area contributed by atoms with E-state index >= 15 is 4.57 Å². The molecule has 2 aliphatic rings. The number of hydrogen-bond acceptors (Lipinski definition) is 2. The molecule has 1 spiro atoms. The van der Waals surface area contributed by atoms with E-state index in [4.69, 9.17) is 4.98 Å². The molecule has 9 aromatic carbocycles. The summed E-state index contributed by atoms with van der Waals surface area (Å²) in [6.07, 6.45) is 7.65. The quantitative estimate of drug-likeness (QED) is 0.0908. The first-order valence-electron chi connectivity index (χ1n) is 23.0. The van der Waals surface area contributed by atoms with Gasteiger partial charge >= 0.3 is 0 Å². The standard InChI is InChI=1S/C63H43N2OP/c1-3-5-17-45(4-2)67(66,46-18-7-6-8-19-46)47-34-37-52-51-35-32-43(38-57(51)63(58(52)40-47)55-24-13-11-21-49(55)50-22-12-14-25-56(50)63)41-28-30-42(31-29-41)44-33-36-53-48-20-9-10-23-54(48)62-64-59-26-15-16-27-60(59)65(62)61(53)39-44/h3-40H,2H2,1H3/b5-3-,45-17+. The summed E-state index contributed by atoms with van der Waals surface area (Å²) in [6.45, 7) is 6.17. The molecule has 67 heavy (non-hydrogen) atoms. The lowest BCUT2D eigenvalue weighted by atomic mass is 9.70. The van der Waals surface area contributed by atoms with Gasteiger partial charge in [0.05, 0.1) is 22.0 Å². The van der Waals surface area contributed by atoms with Crippen LogP contribution in [0.2, 0.25) is 0 Å². The Bertz CT molecular complexity index is 3940. The first kappa shape index (κ1) is 39.3. The summed E-state index contributed by atoms with van der Waals surface area (Å²) in [5.41, 5.74) is 17.9. The lowest BCUT2D eigenvalue weighted by Gasteiger charge is -2.31. The van der Waals surface area contributed by atoms with E-state index in [1.807, 2.05) is 55.5 Å². The lowest BCUT2D eigenvalue weighted by Crippen LogP contribution is -2.27. The SMILES string of the molecule is C=C/C(=C\C=C/C)P(=O)(c1ccccc1)c1ccc2c(c1)C1(c3ccccc3-c3ccccc31)c1cc(-c3ccc(-c4ccc5c6ccccc6c6nc7ccccc7n6c5c4)cc3)ccc1-2. The molecule has 1 unspecified atom stereocenters. The third-order valence-corrected chi connectivity index (χ3v) is 17.5. The van der Waals surface area contributed by atoms with Crippen molar-refractivity contribution in [3.8, 4) is 44.5 Å². The van der Waals surface area contributed by atoms with Crippen LogP contribution in [0.5, 0.6) is 0 Å². The minimum atomic E-state index is -3.36. The van der Waals surface area contributed by atoms with E-state index in [2.05, 4.69) is 187 Å². The minimum Gasteiger partial charge on any atom is -0.309 e. The predicted octanol–water partition coefficient (Wildman–Crippen LogP) is 15.4. The molecule has 0 aliphatic heterocycles. The minimum absolute atomic E-state index is 0.634. The fourth-order valence-electron chi connectivity index (χ4n) is 11.4. The van der Waals surface area contributed by atoms with E-state index < -0.39 is 12.6 Å². The summed E-state index contributed by atoms with van der Waals surface area (Å²) in [5.74, 6) is 0. The molecule has 11 aromatic rings. The number of rotatable bonds is 7. The molecule has 2 aromatic heterocycles. The van der Waals surface area contributed by atoms with Crippen molar-refractivity contribution in [2.24, 2.45) is 0 Å². The highest BCUT2D eigenvalue weighted by Gasteiger charge is 2.52. The van der Waals surface area contributed by atoms with Gasteiger partial charge in [0.25, 0.3) is 0 Å². The van der Waals surface area contributed by atoms with Gasteiger partial charge in [0.1, 0.15) is 5.65 Å². The normalized spacial score (nSPS) is 14.4. The monoisotopic (exact) mass is 874 g/mol. The van der Waals surface area contributed by atoms with Crippen molar-refractivity contribution in [2.45, 2.75) is 12.3 Å². The molecule has 0 fully saturated rings. The average Bonchev–Trinajstić information content (AvgIpc) is 4.03. The summed E-state index contributed by atoms with van der Waals surface area (Å²) in [7, 11) is -3.36. The maximum absolute atomic E-state index is 16.0. The topological polar surface area (TPSA) is 34.4 Å². The fraction of sp³-hybridized carbons (Fsp3) is 0.0317. The second-order valence-corrected chi connectivity index (χ2v) is 20.5. The molecule has 3 nitrogen and oxygen atoms in total. The molecule has 4 heteroatoms. The molecule has 2 heterocycles. The highest BCUT2D eigenvalue weighted by Crippen LogP contribution is 2.64. The van der Waals surface area contributed by atoms with Crippen molar-refractivity contribution in [1.29, 1.82) is 0 Å². The van der Waals surface area contributed by atoms with Gasteiger partial charge < -0.3 is 4.57 Å². The number of hydrogen-bond donors (Lipinski definition) is 0. The second-order valence-electron chi connectivity index (χ2n) is 17.7. The number of allylic oxidation sites excluding steroid dienone is 5. The molecule has 0 bridgehead atoms. The van der Waals surface area contributed by atoms with Gasteiger partial charge in [-0.3, -0.25) is 4.40 Å². The summed E-state index contributed by atoms with van der Waals surface area (Å²) in [6, 6.07) is 74.1. The van der Waals surface area contributed by atoms with Gasteiger partial charge in [-0.25, -0.2) is 4.98 Å². The van der Waals surface area contributed by atoms with Gasteiger partial charge in [-0.15, -0.1) is 0 Å². The Morgan fingerprint density at radius 3 is 1.79 bits per heavy atom. The van der Waals surface area contributed by atoms with Crippen LogP contribution in [0.1, 0.15) is 29.2 Å². The van der Waals surface area contributed by atoms with Crippen LogP contribution in [0.15, 0.2) is 242 Å². The van der Waals surface area contributed by atoms with Crippen LogP contribution in [0.4, 0.5) is 0 Å². The van der Waals surface area contributed by atoms with Gasteiger partial charge in [-0.05, 0) is 109 Å². The molecule has 1 atom stereocenters. The van der Waals surface area contributed by atoms with Crippen LogP contribution in [-0.2, 0) is 9.98 Å². The van der Waals surface area contributed by atoms with Gasteiger partial charge in [-0.2, -0.15) is 0 Å². The fourth-order valence-corrected chi connectivity index (χ4v) is 14.1. The molecule has 0 saturated heterocycles. The Hall–Kier alpha value is -8.10. The van der Waals surface area contributed by atoms with Crippen LogP contribution < -0.4 is 10.6 Å². The zero-order valence-corrected chi connectivity index (χ0v) is 37.8. The predicted molar refractivity (Wildman–Crippen MR) is 281 cm³/mol. The zero-order chi connectivity index (χ0) is 44.9. The number of benzene rings is 9. The first-order valence-corrected chi connectivity index (χ1v) is 24.7. The molecule has 13 rings (SSSR count). The average molecular weight is 875 g/mol. The van der Waals surface area contributed by atoms with E-state index in [0.29, 0.717) is 5.31 Å². The highest BCUT2D eigenvalue weighted by molar-refractivity contribution is 7.82. The lowest BCUT2D eigenvalue weighted by molar-refractivity contribution is 0.591. The summed E-state index contributed by atoms with van der Waals surface area (Å²) in [5, 5.41) is 5.85. The van der Waals surface area contributed by atoms with Crippen LogP contribution >= 0.6 is 7.14 Å². The Morgan fingerprint density at radius 2 is 1.07 bits per heavy atom. The Labute approximate surface area is 389 Å². The summed E-state index contributed by atoms with van der Waals surface area (Å²) >= 11 is 0. The number of fused-ring (bicyclic) bond motifs is 18. The van der Waals surface area contributed by atoms with E-state index in [1.165, 1.54) is 44.2 Å². The Kier molecular flexibility index (Phi) is 8.78. The van der Waals surface area contributed by atoms with Gasteiger partial charge in [0.2, 0.25) is 0 Å². The zero-order valence-electron chi connectivity index (χ0n) is 36.9. The van der Waals surface area contributed by atoms with Crippen LogP contribution in [0.25, 0.3) is 82.9 Å². The van der Waals surface area contributed by atoms with E-state index in [9.17, 15) is 0 Å². The molecule has 0 amide bonds. The largest absolute Gasteiger partial charge is 0.309 e. The molecule has 316 valence electrons. The van der Waals surface area contributed by atoms with Crippen molar-refractivity contribution in [3.63, 3.8) is 0 Å². The van der Waals surface area contributed by atoms with E-state index in [1.54, 1.807) is 6.08 Å². The third kappa shape index (κ3) is 5.53. The van der Waals surface area contributed by atoms with Gasteiger partial charge in [0.15, 0.2) is 7.14 Å². The molecule has 2 aliphatic carbocycles. The van der Waals surface area contributed by atoms with Crippen molar-refractivity contribution in [1.82, 2.24) is 9.38 Å². The van der Waals surface area contributed by atoms with Crippen LogP contribution in [0, 0.1) is 0 Å². The smallest absolute Gasteiger partial charge is 0.171 e. The van der Waals surface area contributed by atoms with Crippen LogP contribution in [0.3, 0.4) is 0 Å². The van der Waals surface area contributed by atoms with Crippen molar-refractivity contribution >= 4 is 56.1 Å². The maximum atomic E-state index is 16.0. The van der Waals surface area contributed by atoms with Gasteiger partial charge in [-0.1, -0.05) is 207 Å². The number of para-hydroxylation sites is 2. The van der Waals surface area contributed by atoms with Crippen molar-refractivity contribution in [2.75, 3.05) is 0 Å². The van der Waals surface area contributed by atoms with Crippen molar-refractivity contribution in [3.05, 3.63) is 265 Å². The molecule has 0 N–H and O–H groups in total. The summed E-state index contributed by atoms with van der Waals surface area (Å²) in [4.78, 5) is 5.12. The second kappa shape index (κ2) is 15.0. The molecule has 0 saturated carbocycles. The third-order valence-electron chi connectivity index (χ3n) is 14.4. The molecular formula is C63H43N2OP. The van der Waals surface area contributed by atoms with Crippen molar-refractivity contribution < 1.29 is 4.57 Å². The maximum Gasteiger partial charge on any atom is 0.171 e. The summed E-state index contributed by atoms with van der Waals surface area (Å²) < 4.78 is 18.4. The number of aromatic nitrogens is 2. The van der Waals surface area contributed by atoms with E-state index in [-0.39, 0.29) is 0 Å². The van der Waals surface area contributed by atoms with E-state index in [0.717, 1.165) is 71.6 Å². The highest BCUT2D eigenvalue weighted by atomic mass is 31.2. The number of pyridine rings is 1. The van der Waals surface area contributed by atoms with Crippen LogP contribution in [-0.4, -0.2) is 9.38 Å².